The lowest BCUT2D eigenvalue weighted by molar-refractivity contribution is -0.132. The van der Waals surface area contributed by atoms with Crippen molar-refractivity contribution in [1.82, 2.24) is 10.2 Å². The quantitative estimate of drug-likeness (QED) is 0.799. The lowest BCUT2D eigenvalue weighted by atomic mass is 10.1. The van der Waals surface area contributed by atoms with Crippen LogP contribution in [0.2, 0.25) is 0 Å². The molecule has 5 nitrogen and oxygen atoms in total. The third kappa shape index (κ3) is 4.04. The molecule has 1 aromatic rings. The summed E-state index contributed by atoms with van der Waals surface area (Å²) in [6, 6.07) is 8.12. The van der Waals surface area contributed by atoms with E-state index in [1.165, 1.54) is 11.1 Å². The number of carbonyl (C=O) groups is 2. The molecule has 0 saturated carbocycles. The first kappa shape index (κ1) is 15.5. The van der Waals surface area contributed by atoms with Gasteiger partial charge in [0.25, 0.3) is 0 Å². The monoisotopic (exact) mass is 289 g/mol. The van der Waals surface area contributed by atoms with Crippen LogP contribution in [0.5, 0.6) is 0 Å². The van der Waals surface area contributed by atoms with Crippen molar-refractivity contribution in [2.75, 3.05) is 6.54 Å². The minimum atomic E-state index is -0.874. The number of nitrogens with one attached hydrogen (secondary N) is 1. The number of benzene rings is 1. The van der Waals surface area contributed by atoms with Crippen LogP contribution in [0.1, 0.15) is 37.8 Å². The maximum Gasteiger partial charge on any atom is 0.239 e. The number of carbonyl (C=O) groups excluding carboxylic acids is 2. The van der Waals surface area contributed by atoms with Gasteiger partial charge in [-0.25, -0.2) is 0 Å². The number of hydrogen-bond acceptors (Lipinski definition) is 3. The first-order chi connectivity index (χ1) is 9.88. The van der Waals surface area contributed by atoms with Crippen LogP contribution in [-0.2, 0) is 22.7 Å². The van der Waals surface area contributed by atoms with E-state index in [2.05, 4.69) is 17.4 Å². The molecule has 0 unspecified atom stereocenters. The smallest absolute Gasteiger partial charge is 0.239 e. The van der Waals surface area contributed by atoms with Gasteiger partial charge in [0.2, 0.25) is 11.8 Å². The van der Waals surface area contributed by atoms with Gasteiger partial charge in [-0.2, -0.15) is 0 Å². The van der Waals surface area contributed by atoms with Crippen molar-refractivity contribution in [3.8, 4) is 0 Å². The van der Waals surface area contributed by atoms with Crippen LogP contribution in [0.3, 0.4) is 0 Å². The molecule has 2 amide bonds. The number of nitrogens with two attached hydrogens (primary N) is 1. The Morgan fingerprint density at radius 1 is 1.24 bits per heavy atom. The zero-order chi connectivity index (χ0) is 15.5. The SMILES string of the molecule is CC(C)(N)C(=O)NCCCC(=O)N1Cc2ccccc2C1. The van der Waals surface area contributed by atoms with Crippen LogP contribution in [0, 0.1) is 0 Å². The normalized spacial score (nSPS) is 14.0. The highest BCUT2D eigenvalue weighted by Gasteiger charge is 2.23. The molecule has 114 valence electrons. The Hall–Kier alpha value is -1.88. The van der Waals surface area contributed by atoms with E-state index in [1.54, 1.807) is 13.8 Å². The number of hydrogen-bond donors (Lipinski definition) is 2. The molecule has 1 heterocycles. The Kier molecular flexibility index (Phi) is 4.63. The molecule has 1 aromatic carbocycles. The molecule has 1 aliphatic heterocycles. The highest BCUT2D eigenvalue weighted by molar-refractivity contribution is 5.85. The van der Waals surface area contributed by atoms with Gasteiger partial charge >= 0.3 is 0 Å². The Balaban J connectivity index is 1.71. The molecule has 0 atom stereocenters. The predicted molar refractivity (Wildman–Crippen MR) is 81.2 cm³/mol. The van der Waals surface area contributed by atoms with Crippen LogP contribution in [0.4, 0.5) is 0 Å². The third-order valence-electron chi connectivity index (χ3n) is 3.63. The molecule has 3 N–H and O–H groups in total. The molecular formula is C16H23N3O2. The zero-order valence-electron chi connectivity index (χ0n) is 12.7. The molecule has 0 radical (unpaired) electrons. The lowest BCUT2D eigenvalue weighted by Gasteiger charge is -2.18. The summed E-state index contributed by atoms with van der Waals surface area (Å²) in [6.45, 7) is 5.18. The maximum absolute atomic E-state index is 12.1. The molecule has 5 heteroatoms. The van der Waals surface area contributed by atoms with E-state index >= 15 is 0 Å². The first-order valence-electron chi connectivity index (χ1n) is 7.29. The Morgan fingerprint density at radius 2 is 1.81 bits per heavy atom. The standard InChI is InChI=1S/C16H23N3O2/c1-16(2,17)15(21)18-9-5-8-14(20)19-10-12-6-3-4-7-13(12)11-19/h3-4,6-7H,5,8-11,17H2,1-2H3,(H,18,21). The van der Waals surface area contributed by atoms with E-state index < -0.39 is 5.54 Å². The molecule has 0 fully saturated rings. The Labute approximate surface area is 125 Å². The maximum atomic E-state index is 12.1. The van der Waals surface area contributed by atoms with Gasteiger partial charge in [-0.1, -0.05) is 24.3 Å². The number of rotatable bonds is 5. The van der Waals surface area contributed by atoms with E-state index in [0.29, 0.717) is 32.5 Å². The fourth-order valence-electron chi connectivity index (χ4n) is 2.34. The summed E-state index contributed by atoms with van der Waals surface area (Å²) in [5.41, 5.74) is 7.26. The van der Waals surface area contributed by atoms with Crippen molar-refractivity contribution in [2.45, 2.75) is 45.3 Å². The molecule has 1 aliphatic rings. The minimum Gasteiger partial charge on any atom is -0.355 e. The van der Waals surface area contributed by atoms with Gasteiger partial charge in [-0.3, -0.25) is 9.59 Å². The van der Waals surface area contributed by atoms with E-state index in [1.807, 2.05) is 17.0 Å². The predicted octanol–water partition coefficient (Wildman–Crippen LogP) is 1.16. The molecular weight excluding hydrogens is 266 g/mol. The van der Waals surface area contributed by atoms with Crippen LogP contribution in [0.15, 0.2) is 24.3 Å². The number of amides is 2. The first-order valence-corrected chi connectivity index (χ1v) is 7.29. The highest BCUT2D eigenvalue weighted by Crippen LogP contribution is 2.22. The second kappa shape index (κ2) is 6.26. The van der Waals surface area contributed by atoms with Crippen LogP contribution in [-0.4, -0.2) is 28.8 Å². The van der Waals surface area contributed by atoms with Crippen molar-refractivity contribution >= 4 is 11.8 Å². The zero-order valence-corrected chi connectivity index (χ0v) is 12.7. The van der Waals surface area contributed by atoms with Crippen LogP contribution < -0.4 is 11.1 Å². The van der Waals surface area contributed by atoms with E-state index in [4.69, 9.17) is 5.73 Å². The van der Waals surface area contributed by atoms with Gasteiger partial charge in [0.05, 0.1) is 5.54 Å². The van der Waals surface area contributed by atoms with Crippen LogP contribution in [0.25, 0.3) is 0 Å². The highest BCUT2D eigenvalue weighted by atomic mass is 16.2. The van der Waals surface area contributed by atoms with Gasteiger partial charge in [-0.05, 0) is 31.4 Å². The molecule has 0 spiro atoms. The number of fused-ring (bicyclic) bond motifs is 1. The van der Waals surface area contributed by atoms with Gasteiger partial charge in [-0.15, -0.1) is 0 Å². The largest absolute Gasteiger partial charge is 0.355 e. The van der Waals surface area contributed by atoms with E-state index in [9.17, 15) is 9.59 Å². The second-order valence-corrected chi connectivity index (χ2v) is 6.10. The number of nitrogens with zero attached hydrogens (tertiary/aromatic N) is 1. The fraction of sp³-hybridized carbons (Fsp3) is 0.500. The summed E-state index contributed by atoms with van der Waals surface area (Å²) >= 11 is 0. The molecule has 0 saturated heterocycles. The van der Waals surface area contributed by atoms with Gasteiger partial charge < -0.3 is 16.0 Å². The Bertz CT molecular complexity index is 510. The van der Waals surface area contributed by atoms with Gasteiger partial charge in [0, 0.05) is 26.1 Å². The molecule has 0 aliphatic carbocycles. The lowest BCUT2D eigenvalue weighted by Crippen LogP contribution is -2.49. The average Bonchev–Trinajstić information content (AvgIpc) is 2.86. The average molecular weight is 289 g/mol. The molecule has 21 heavy (non-hydrogen) atoms. The van der Waals surface area contributed by atoms with Crippen molar-refractivity contribution < 1.29 is 9.59 Å². The second-order valence-electron chi connectivity index (χ2n) is 6.10. The Morgan fingerprint density at radius 3 is 2.33 bits per heavy atom. The van der Waals surface area contributed by atoms with E-state index in [0.717, 1.165) is 0 Å². The summed E-state index contributed by atoms with van der Waals surface area (Å²) in [7, 11) is 0. The molecule has 0 aromatic heterocycles. The topological polar surface area (TPSA) is 75.4 Å². The van der Waals surface area contributed by atoms with Crippen molar-refractivity contribution in [1.29, 1.82) is 0 Å². The molecule has 0 bridgehead atoms. The van der Waals surface area contributed by atoms with E-state index in [-0.39, 0.29) is 11.8 Å². The summed E-state index contributed by atoms with van der Waals surface area (Å²) in [5.74, 6) is -0.0593. The molecule has 2 rings (SSSR count). The van der Waals surface area contributed by atoms with Crippen molar-refractivity contribution in [2.24, 2.45) is 5.73 Å². The van der Waals surface area contributed by atoms with Crippen molar-refractivity contribution in [3.05, 3.63) is 35.4 Å². The minimum absolute atomic E-state index is 0.132. The van der Waals surface area contributed by atoms with Crippen molar-refractivity contribution in [3.63, 3.8) is 0 Å². The summed E-state index contributed by atoms with van der Waals surface area (Å²) in [5, 5.41) is 2.75. The summed E-state index contributed by atoms with van der Waals surface area (Å²) < 4.78 is 0. The van der Waals surface area contributed by atoms with Crippen LogP contribution >= 0.6 is 0 Å². The van der Waals surface area contributed by atoms with Gasteiger partial charge in [0.1, 0.15) is 0 Å². The third-order valence-corrected chi connectivity index (χ3v) is 3.63. The van der Waals surface area contributed by atoms with Gasteiger partial charge in [0.15, 0.2) is 0 Å². The summed E-state index contributed by atoms with van der Waals surface area (Å²) in [4.78, 5) is 25.6. The summed E-state index contributed by atoms with van der Waals surface area (Å²) in [6.07, 6.45) is 1.08. The fourth-order valence-corrected chi connectivity index (χ4v) is 2.34.